The third-order valence-corrected chi connectivity index (χ3v) is 4.76. The maximum atomic E-state index is 12.4. The minimum atomic E-state index is -0.584. The number of hydrogen-bond donors (Lipinski definition) is 3. The molecule has 0 spiro atoms. The van der Waals surface area contributed by atoms with Gasteiger partial charge in [-0.2, -0.15) is 0 Å². The van der Waals surface area contributed by atoms with Crippen LogP contribution in [0.1, 0.15) is 46.6 Å². The molecule has 0 unspecified atom stereocenters. The molecule has 3 N–H and O–H groups in total. The number of alkyl carbamates (subject to hydrolysis) is 1. The van der Waals surface area contributed by atoms with Crippen molar-refractivity contribution in [1.82, 2.24) is 20.9 Å². The van der Waals surface area contributed by atoms with E-state index in [1.165, 1.54) is 25.6 Å². The summed E-state index contributed by atoms with van der Waals surface area (Å²) in [5.41, 5.74) is 0.0661. The first-order chi connectivity index (χ1) is 15.1. The molecule has 1 aromatic carbocycles. The fourth-order valence-electron chi connectivity index (χ4n) is 2.48. The SMILES string of the molecule is COc1ccc(C(=O)NCc2nc(C(=O)NCCNC(=O)OC(C)(C)C)cs2)cc1OC. The van der Waals surface area contributed by atoms with Gasteiger partial charge in [-0.3, -0.25) is 9.59 Å². The van der Waals surface area contributed by atoms with E-state index in [-0.39, 0.29) is 37.1 Å². The molecule has 0 atom stereocenters. The highest BCUT2D eigenvalue weighted by atomic mass is 32.1. The maximum absolute atomic E-state index is 12.4. The predicted octanol–water partition coefficient (Wildman–Crippen LogP) is 2.34. The average Bonchev–Trinajstić information content (AvgIpc) is 3.22. The first kappa shape index (κ1) is 24.9. The summed E-state index contributed by atoms with van der Waals surface area (Å²) < 4.78 is 15.5. The van der Waals surface area contributed by atoms with Gasteiger partial charge in [-0.05, 0) is 39.0 Å². The van der Waals surface area contributed by atoms with E-state index in [0.29, 0.717) is 22.1 Å². The van der Waals surface area contributed by atoms with Gasteiger partial charge in [0, 0.05) is 24.0 Å². The number of rotatable bonds is 9. The minimum absolute atomic E-state index is 0.172. The van der Waals surface area contributed by atoms with Crippen LogP contribution >= 0.6 is 11.3 Å². The van der Waals surface area contributed by atoms with E-state index in [9.17, 15) is 14.4 Å². The third kappa shape index (κ3) is 7.73. The number of nitrogens with one attached hydrogen (secondary N) is 3. The molecule has 2 aromatic rings. The summed E-state index contributed by atoms with van der Waals surface area (Å²) in [5.74, 6) is 0.306. The molecule has 32 heavy (non-hydrogen) atoms. The normalized spacial score (nSPS) is 10.8. The second-order valence-electron chi connectivity index (χ2n) is 7.56. The van der Waals surface area contributed by atoms with Crippen LogP contribution in [0.5, 0.6) is 11.5 Å². The molecular formula is C21H28N4O6S. The number of aromatic nitrogens is 1. The van der Waals surface area contributed by atoms with E-state index in [0.717, 1.165) is 0 Å². The Bertz CT molecular complexity index is 954. The van der Waals surface area contributed by atoms with E-state index in [1.54, 1.807) is 44.4 Å². The van der Waals surface area contributed by atoms with E-state index in [1.807, 2.05) is 0 Å². The van der Waals surface area contributed by atoms with Crippen molar-refractivity contribution >= 4 is 29.2 Å². The molecule has 0 aliphatic carbocycles. The van der Waals surface area contributed by atoms with Gasteiger partial charge in [0.05, 0.1) is 20.8 Å². The highest BCUT2D eigenvalue weighted by molar-refractivity contribution is 7.09. The van der Waals surface area contributed by atoms with Gasteiger partial charge in [-0.15, -0.1) is 11.3 Å². The zero-order chi connectivity index (χ0) is 23.7. The fourth-order valence-corrected chi connectivity index (χ4v) is 3.19. The standard InChI is InChI=1S/C21H28N4O6S/c1-21(2,3)31-20(28)23-9-8-22-19(27)14-12-32-17(25-14)11-24-18(26)13-6-7-15(29-4)16(10-13)30-5/h6-7,10,12H,8-9,11H2,1-5H3,(H,22,27)(H,23,28)(H,24,26). The van der Waals surface area contributed by atoms with Crippen LogP contribution < -0.4 is 25.4 Å². The second-order valence-corrected chi connectivity index (χ2v) is 8.51. The average molecular weight is 465 g/mol. The largest absolute Gasteiger partial charge is 0.493 e. The molecule has 2 rings (SSSR count). The van der Waals surface area contributed by atoms with Crippen LogP contribution in [0.3, 0.4) is 0 Å². The topological polar surface area (TPSA) is 128 Å². The van der Waals surface area contributed by atoms with E-state index >= 15 is 0 Å². The Morgan fingerprint density at radius 1 is 0.969 bits per heavy atom. The Hall–Kier alpha value is -3.34. The van der Waals surface area contributed by atoms with Gasteiger partial charge in [0.2, 0.25) is 0 Å². The fraction of sp³-hybridized carbons (Fsp3) is 0.429. The van der Waals surface area contributed by atoms with Gasteiger partial charge in [0.15, 0.2) is 11.5 Å². The maximum Gasteiger partial charge on any atom is 0.407 e. The zero-order valence-electron chi connectivity index (χ0n) is 18.7. The molecular weight excluding hydrogens is 436 g/mol. The van der Waals surface area contributed by atoms with Crippen molar-refractivity contribution in [3.8, 4) is 11.5 Å². The van der Waals surface area contributed by atoms with Crippen molar-refractivity contribution in [1.29, 1.82) is 0 Å². The monoisotopic (exact) mass is 464 g/mol. The number of ether oxygens (including phenoxy) is 3. The number of carbonyl (C=O) groups excluding carboxylic acids is 3. The van der Waals surface area contributed by atoms with Crippen LogP contribution in [0.15, 0.2) is 23.6 Å². The van der Waals surface area contributed by atoms with Crippen molar-refractivity contribution in [2.24, 2.45) is 0 Å². The molecule has 0 fully saturated rings. The Kier molecular flexibility index (Phi) is 8.82. The second kappa shape index (κ2) is 11.3. The summed E-state index contributed by atoms with van der Waals surface area (Å²) in [4.78, 5) is 40.4. The lowest BCUT2D eigenvalue weighted by atomic mass is 10.2. The number of nitrogens with zero attached hydrogens (tertiary/aromatic N) is 1. The molecule has 0 aliphatic rings. The molecule has 174 valence electrons. The summed E-state index contributed by atoms with van der Waals surface area (Å²) in [6.45, 7) is 5.92. The van der Waals surface area contributed by atoms with E-state index in [4.69, 9.17) is 14.2 Å². The minimum Gasteiger partial charge on any atom is -0.493 e. The van der Waals surface area contributed by atoms with Gasteiger partial charge in [0.25, 0.3) is 11.8 Å². The quantitative estimate of drug-likeness (QED) is 0.486. The molecule has 11 heteroatoms. The van der Waals surface area contributed by atoms with Gasteiger partial charge < -0.3 is 30.2 Å². The van der Waals surface area contributed by atoms with E-state index < -0.39 is 11.7 Å². The molecule has 1 aromatic heterocycles. The van der Waals surface area contributed by atoms with Crippen LogP contribution in [0.4, 0.5) is 4.79 Å². The van der Waals surface area contributed by atoms with Crippen molar-refractivity contribution < 1.29 is 28.6 Å². The Morgan fingerprint density at radius 3 is 2.31 bits per heavy atom. The summed E-state index contributed by atoms with van der Waals surface area (Å²) in [6, 6.07) is 4.86. The number of amides is 3. The van der Waals surface area contributed by atoms with Crippen LogP contribution in [0.2, 0.25) is 0 Å². The molecule has 3 amide bonds. The Balaban J connectivity index is 1.79. The van der Waals surface area contributed by atoms with Gasteiger partial charge in [-0.25, -0.2) is 9.78 Å². The first-order valence-corrected chi connectivity index (χ1v) is 10.7. The summed E-state index contributed by atoms with van der Waals surface area (Å²) >= 11 is 1.26. The summed E-state index contributed by atoms with van der Waals surface area (Å²) in [7, 11) is 3.01. The third-order valence-electron chi connectivity index (χ3n) is 3.91. The van der Waals surface area contributed by atoms with Gasteiger partial charge >= 0.3 is 6.09 Å². The lowest BCUT2D eigenvalue weighted by Crippen LogP contribution is -2.37. The van der Waals surface area contributed by atoms with Crippen LogP contribution in [-0.4, -0.2) is 55.8 Å². The molecule has 0 saturated heterocycles. The van der Waals surface area contributed by atoms with E-state index in [2.05, 4.69) is 20.9 Å². The Morgan fingerprint density at radius 2 is 1.66 bits per heavy atom. The number of benzene rings is 1. The summed E-state index contributed by atoms with van der Waals surface area (Å²) in [5, 5.41) is 10.2. The van der Waals surface area contributed by atoms with Crippen molar-refractivity contribution in [3.63, 3.8) is 0 Å². The molecule has 0 saturated carbocycles. The van der Waals surface area contributed by atoms with Gasteiger partial charge in [-0.1, -0.05) is 0 Å². The first-order valence-electron chi connectivity index (χ1n) is 9.82. The molecule has 0 aliphatic heterocycles. The van der Waals surface area contributed by atoms with Crippen molar-refractivity contribution in [2.45, 2.75) is 32.9 Å². The lowest BCUT2D eigenvalue weighted by Gasteiger charge is -2.19. The molecule has 0 radical (unpaired) electrons. The Labute approximate surface area is 190 Å². The highest BCUT2D eigenvalue weighted by Crippen LogP contribution is 2.27. The predicted molar refractivity (Wildman–Crippen MR) is 119 cm³/mol. The van der Waals surface area contributed by atoms with Crippen LogP contribution in [-0.2, 0) is 11.3 Å². The molecule has 10 nitrogen and oxygen atoms in total. The number of methoxy groups -OCH3 is 2. The zero-order valence-corrected chi connectivity index (χ0v) is 19.6. The van der Waals surface area contributed by atoms with Crippen LogP contribution in [0.25, 0.3) is 0 Å². The summed E-state index contributed by atoms with van der Waals surface area (Å²) in [6.07, 6.45) is -0.548. The molecule has 0 bridgehead atoms. The lowest BCUT2D eigenvalue weighted by molar-refractivity contribution is 0.0526. The number of carbonyl (C=O) groups is 3. The highest BCUT2D eigenvalue weighted by Gasteiger charge is 2.16. The van der Waals surface area contributed by atoms with Crippen molar-refractivity contribution in [3.05, 3.63) is 39.8 Å². The molecule has 1 heterocycles. The van der Waals surface area contributed by atoms with Crippen molar-refractivity contribution in [2.75, 3.05) is 27.3 Å². The van der Waals surface area contributed by atoms with Gasteiger partial charge in [0.1, 0.15) is 16.3 Å². The number of thiazole rings is 1. The number of hydrogen-bond acceptors (Lipinski definition) is 8. The smallest absolute Gasteiger partial charge is 0.407 e. The van der Waals surface area contributed by atoms with Crippen LogP contribution in [0, 0.1) is 0 Å².